The van der Waals surface area contributed by atoms with Crippen LogP contribution in [0.3, 0.4) is 0 Å². The van der Waals surface area contributed by atoms with Gasteiger partial charge in [-0.1, -0.05) is 13.8 Å². The van der Waals surface area contributed by atoms with Crippen LogP contribution in [0, 0.1) is 5.92 Å². The second kappa shape index (κ2) is 3.47. The average Bonchev–Trinajstić information content (AvgIpc) is 1.67. The van der Waals surface area contributed by atoms with Crippen molar-refractivity contribution < 1.29 is 4.79 Å². The van der Waals surface area contributed by atoms with E-state index in [2.05, 4.69) is 19.2 Å². The third-order valence-electron chi connectivity index (χ3n) is 1.33. The highest BCUT2D eigenvalue weighted by Gasteiger charge is 2.02. The molecule has 0 aromatic carbocycles. The topological polar surface area (TPSA) is 29.1 Å². The summed E-state index contributed by atoms with van der Waals surface area (Å²) >= 11 is 0. The van der Waals surface area contributed by atoms with Gasteiger partial charge in [-0.25, -0.2) is 0 Å². The Bertz CT molecular complexity index is 70.9. The van der Waals surface area contributed by atoms with Crippen molar-refractivity contribution in [2.75, 3.05) is 0 Å². The zero-order chi connectivity index (χ0) is 6.57. The van der Waals surface area contributed by atoms with E-state index in [-0.39, 0.29) is 0 Å². The maximum Gasteiger partial charge on any atom is 0.207 e. The molecule has 48 valence electrons. The molecule has 1 amide bonds. The maximum atomic E-state index is 9.81. The number of rotatable bonds is 3. The number of hydrogen-bond acceptors (Lipinski definition) is 1. The fraction of sp³-hybridized carbons (Fsp3) is 0.833. The fourth-order valence-electron chi connectivity index (χ4n) is 0.300. The molecular formula is C6H13NO. The number of nitrogens with one attached hydrogen (secondary N) is 1. The van der Waals surface area contributed by atoms with Crippen LogP contribution in [-0.2, 0) is 4.79 Å². The standard InChI is InChI=1S/C6H13NO/c1-5(2)6(3)7-4-8/h4-6H,1-3H3,(H,7,8). The zero-order valence-electron chi connectivity index (χ0n) is 5.64. The Labute approximate surface area is 50.3 Å². The Morgan fingerprint density at radius 3 is 2.00 bits per heavy atom. The summed E-state index contributed by atoms with van der Waals surface area (Å²) in [5.74, 6) is 0.528. The SMILES string of the molecule is CC(C)C(C)NC=O. The Hall–Kier alpha value is -0.530. The Balaban J connectivity index is 3.30. The summed E-state index contributed by atoms with van der Waals surface area (Å²) in [6, 6.07) is 0.299. The number of carbonyl (C=O) groups excluding carboxylic acids is 1. The average molecular weight is 115 g/mol. The van der Waals surface area contributed by atoms with E-state index in [0.717, 1.165) is 6.41 Å². The molecule has 0 saturated carbocycles. The number of carbonyl (C=O) groups is 1. The van der Waals surface area contributed by atoms with Gasteiger partial charge in [0.2, 0.25) is 6.41 Å². The lowest BCUT2D eigenvalue weighted by atomic mass is 10.1. The molecule has 0 saturated heterocycles. The number of amides is 1. The van der Waals surface area contributed by atoms with Crippen molar-refractivity contribution in [3.05, 3.63) is 0 Å². The van der Waals surface area contributed by atoms with E-state index in [1.807, 2.05) is 6.92 Å². The highest BCUT2D eigenvalue weighted by Crippen LogP contribution is 1.97. The van der Waals surface area contributed by atoms with E-state index in [9.17, 15) is 4.79 Å². The van der Waals surface area contributed by atoms with Crippen molar-refractivity contribution in [3.8, 4) is 0 Å². The van der Waals surface area contributed by atoms with Gasteiger partial charge in [-0.3, -0.25) is 4.79 Å². The molecule has 0 aromatic rings. The first-order valence-corrected chi connectivity index (χ1v) is 2.88. The predicted molar refractivity (Wildman–Crippen MR) is 33.5 cm³/mol. The molecule has 0 bridgehead atoms. The zero-order valence-corrected chi connectivity index (χ0v) is 5.64. The highest BCUT2D eigenvalue weighted by molar-refractivity contribution is 5.46. The van der Waals surface area contributed by atoms with Gasteiger partial charge in [0, 0.05) is 6.04 Å². The lowest BCUT2D eigenvalue weighted by Crippen LogP contribution is -2.29. The van der Waals surface area contributed by atoms with Crippen LogP contribution in [0.2, 0.25) is 0 Å². The molecule has 1 unspecified atom stereocenters. The smallest absolute Gasteiger partial charge is 0.207 e. The van der Waals surface area contributed by atoms with Crippen molar-refractivity contribution in [2.24, 2.45) is 5.92 Å². The van der Waals surface area contributed by atoms with E-state index in [1.54, 1.807) is 0 Å². The summed E-state index contributed by atoms with van der Waals surface area (Å²) in [6.07, 6.45) is 0.741. The van der Waals surface area contributed by atoms with Gasteiger partial charge in [0.15, 0.2) is 0 Å². The summed E-state index contributed by atoms with van der Waals surface area (Å²) < 4.78 is 0. The third kappa shape index (κ3) is 2.61. The van der Waals surface area contributed by atoms with Gasteiger partial charge in [0.05, 0.1) is 0 Å². The van der Waals surface area contributed by atoms with Gasteiger partial charge in [0.25, 0.3) is 0 Å². The molecule has 0 aliphatic rings. The van der Waals surface area contributed by atoms with Crippen LogP contribution in [0.4, 0.5) is 0 Å². The highest BCUT2D eigenvalue weighted by atomic mass is 16.1. The second-order valence-electron chi connectivity index (χ2n) is 2.32. The molecule has 0 rings (SSSR count). The van der Waals surface area contributed by atoms with Crippen LogP contribution in [0.5, 0.6) is 0 Å². The Kier molecular flexibility index (Phi) is 3.24. The second-order valence-corrected chi connectivity index (χ2v) is 2.32. The molecule has 0 radical (unpaired) electrons. The fourth-order valence-corrected chi connectivity index (χ4v) is 0.300. The normalized spacial score (nSPS) is 13.5. The van der Waals surface area contributed by atoms with E-state index in [1.165, 1.54) is 0 Å². The minimum absolute atomic E-state index is 0.299. The van der Waals surface area contributed by atoms with Crippen molar-refractivity contribution in [3.63, 3.8) is 0 Å². The van der Waals surface area contributed by atoms with Crippen LogP contribution in [0.15, 0.2) is 0 Å². The summed E-state index contributed by atoms with van der Waals surface area (Å²) in [4.78, 5) is 9.81. The first-order chi connectivity index (χ1) is 3.68. The van der Waals surface area contributed by atoms with Gasteiger partial charge >= 0.3 is 0 Å². The monoisotopic (exact) mass is 115 g/mol. The third-order valence-corrected chi connectivity index (χ3v) is 1.33. The van der Waals surface area contributed by atoms with Crippen LogP contribution >= 0.6 is 0 Å². The van der Waals surface area contributed by atoms with Crippen molar-refractivity contribution in [2.45, 2.75) is 26.8 Å². The first-order valence-electron chi connectivity index (χ1n) is 2.88. The Morgan fingerprint density at radius 1 is 1.38 bits per heavy atom. The summed E-state index contributed by atoms with van der Waals surface area (Å²) in [5, 5.41) is 2.66. The van der Waals surface area contributed by atoms with Crippen molar-refractivity contribution >= 4 is 6.41 Å². The van der Waals surface area contributed by atoms with Crippen LogP contribution in [-0.4, -0.2) is 12.5 Å². The number of hydrogen-bond donors (Lipinski definition) is 1. The van der Waals surface area contributed by atoms with E-state index in [0.29, 0.717) is 12.0 Å². The summed E-state index contributed by atoms with van der Waals surface area (Å²) in [6.45, 7) is 6.13. The van der Waals surface area contributed by atoms with E-state index in [4.69, 9.17) is 0 Å². The van der Waals surface area contributed by atoms with Gasteiger partial charge in [-0.2, -0.15) is 0 Å². The van der Waals surface area contributed by atoms with Gasteiger partial charge in [-0.05, 0) is 12.8 Å². The lowest BCUT2D eigenvalue weighted by Gasteiger charge is -2.12. The molecule has 0 spiro atoms. The molecule has 2 nitrogen and oxygen atoms in total. The predicted octanol–water partition coefficient (Wildman–Crippen LogP) is 0.777. The van der Waals surface area contributed by atoms with Gasteiger partial charge in [0.1, 0.15) is 0 Å². The minimum atomic E-state index is 0.299. The molecule has 1 atom stereocenters. The van der Waals surface area contributed by atoms with E-state index >= 15 is 0 Å². The van der Waals surface area contributed by atoms with Crippen LogP contribution in [0.1, 0.15) is 20.8 Å². The minimum Gasteiger partial charge on any atom is -0.356 e. The molecule has 1 N–H and O–H groups in total. The van der Waals surface area contributed by atoms with Crippen LogP contribution in [0.25, 0.3) is 0 Å². The van der Waals surface area contributed by atoms with Crippen LogP contribution < -0.4 is 5.32 Å². The first kappa shape index (κ1) is 7.47. The molecule has 0 heterocycles. The maximum absolute atomic E-state index is 9.81. The molecule has 0 aliphatic heterocycles. The van der Waals surface area contributed by atoms with Crippen molar-refractivity contribution in [1.82, 2.24) is 5.32 Å². The lowest BCUT2D eigenvalue weighted by molar-refractivity contribution is -0.110. The molecule has 0 fully saturated rings. The van der Waals surface area contributed by atoms with Crippen molar-refractivity contribution in [1.29, 1.82) is 0 Å². The molecule has 8 heavy (non-hydrogen) atoms. The largest absolute Gasteiger partial charge is 0.356 e. The molecule has 2 heteroatoms. The summed E-state index contributed by atoms with van der Waals surface area (Å²) in [5.41, 5.74) is 0. The molecular weight excluding hydrogens is 102 g/mol. The van der Waals surface area contributed by atoms with Gasteiger partial charge < -0.3 is 5.32 Å². The quantitative estimate of drug-likeness (QED) is 0.541. The Morgan fingerprint density at radius 2 is 1.88 bits per heavy atom. The van der Waals surface area contributed by atoms with Gasteiger partial charge in [-0.15, -0.1) is 0 Å². The molecule has 0 aliphatic carbocycles. The molecule has 0 aromatic heterocycles. The summed E-state index contributed by atoms with van der Waals surface area (Å²) in [7, 11) is 0. The van der Waals surface area contributed by atoms with E-state index < -0.39 is 0 Å².